The van der Waals surface area contributed by atoms with E-state index in [4.69, 9.17) is 5.73 Å². The van der Waals surface area contributed by atoms with Crippen LogP contribution in [0.2, 0.25) is 0 Å². The van der Waals surface area contributed by atoms with Gasteiger partial charge in [-0.25, -0.2) is 13.1 Å². The first kappa shape index (κ1) is 16.3. The molecular weight excluding hydrogens is 284 g/mol. The van der Waals surface area contributed by atoms with Crippen LogP contribution in [0, 0.1) is 0 Å². The molecule has 0 spiro atoms. The lowest BCUT2D eigenvalue weighted by Gasteiger charge is -2.11. The first-order chi connectivity index (χ1) is 8.84. The lowest BCUT2D eigenvalue weighted by atomic mass is 10.1. The maximum atomic E-state index is 11.8. The zero-order chi connectivity index (χ0) is 14.5. The Kier molecular flexibility index (Phi) is 6.12. The lowest BCUT2D eigenvalue weighted by Crippen LogP contribution is -2.33. The molecule has 0 aliphatic heterocycles. The smallest absolute Gasteiger partial charge is 0.215 e. The molecule has 0 bridgehead atoms. The fraction of sp³-hybridized carbons (Fsp3) is 0.500. The zero-order valence-electron chi connectivity index (χ0n) is 11.1. The molecule has 0 saturated heterocycles. The molecular formula is C12H20N2O3S2. The molecule has 5 nitrogen and oxygen atoms in total. The third-order valence-corrected chi connectivity index (χ3v) is 5.39. The van der Waals surface area contributed by atoms with Gasteiger partial charge in [0.1, 0.15) is 0 Å². The number of sulfonamides is 1. The van der Waals surface area contributed by atoms with E-state index in [2.05, 4.69) is 4.72 Å². The van der Waals surface area contributed by atoms with E-state index in [1.54, 1.807) is 25.3 Å². The van der Waals surface area contributed by atoms with Gasteiger partial charge in [0, 0.05) is 35.4 Å². The van der Waals surface area contributed by atoms with Gasteiger partial charge in [0.25, 0.3) is 0 Å². The van der Waals surface area contributed by atoms with Gasteiger partial charge in [-0.3, -0.25) is 4.21 Å². The van der Waals surface area contributed by atoms with Crippen LogP contribution in [0.4, 0.5) is 0 Å². The number of nitrogens with two attached hydrogens (primary N) is 1. The quantitative estimate of drug-likeness (QED) is 0.760. The van der Waals surface area contributed by atoms with Crippen molar-refractivity contribution in [2.45, 2.75) is 24.5 Å². The van der Waals surface area contributed by atoms with E-state index in [9.17, 15) is 12.6 Å². The first-order valence-corrected chi connectivity index (χ1v) is 9.19. The molecule has 0 radical (unpaired) electrons. The SMILES string of the molecule is CC(CNS(=O)(=O)Cc1ccc(CN)cc1)S(C)=O. The fourth-order valence-electron chi connectivity index (χ4n) is 1.40. The van der Waals surface area contributed by atoms with Crippen LogP contribution in [0.1, 0.15) is 18.1 Å². The summed E-state index contributed by atoms with van der Waals surface area (Å²) in [6.07, 6.45) is 1.56. The average molecular weight is 304 g/mol. The highest BCUT2D eigenvalue weighted by Gasteiger charge is 2.14. The van der Waals surface area contributed by atoms with E-state index in [0.717, 1.165) is 5.56 Å². The van der Waals surface area contributed by atoms with Gasteiger partial charge in [0.2, 0.25) is 10.0 Å². The van der Waals surface area contributed by atoms with Gasteiger partial charge in [-0.2, -0.15) is 0 Å². The highest BCUT2D eigenvalue weighted by molar-refractivity contribution is 7.88. The van der Waals surface area contributed by atoms with Gasteiger partial charge < -0.3 is 5.73 Å². The van der Waals surface area contributed by atoms with Gasteiger partial charge >= 0.3 is 0 Å². The van der Waals surface area contributed by atoms with Crippen molar-refractivity contribution in [3.8, 4) is 0 Å². The number of nitrogens with one attached hydrogen (secondary N) is 1. The van der Waals surface area contributed by atoms with Gasteiger partial charge in [-0.05, 0) is 18.1 Å². The van der Waals surface area contributed by atoms with Gasteiger partial charge in [-0.15, -0.1) is 0 Å². The molecule has 0 fully saturated rings. The van der Waals surface area contributed by atoms with Crippen LogP contribution in [-0.4, -0.2) is 30.7 Å². The molecule has 1 rings (SSSR count). The standard InChI is InChI=1S/C12H20N2O3S2/c1-10(18(2)15)8-14-19(16,17)9-12-5-3-11(7-13)4-6-12/h3-6,10,14H,7-9,13H2,1-2H3. The summed E-state index contributed by atoms with van der Waals surface area (Å²) in [4.78, 5) is 0. The Labute approximate surface area is 117 Å². The largest absolute Gasteiger partial charge is 0.326 e. The number of hydrogen-bond donors (Lipinski definition) is 2. The molecule has 1 aromatic rings. The summed E-state index contributed by atoms with van der Waals surface area (Å²) in [5.74, 6) is -0.0824. The topological polar surface area (TPSA) is 89.3 Å². The number of hydrogen-bond acceptors (Lipinski definition) is 4. The zero-order valence-corrected chi connectivity index (χ0v) is 12.8. The van der Waals surface area contributed by atoms with Crippen molar-refractivity contribution in [2.75, 3.05) is 12.8 Å². The number of benzene rings is 1. The molecule has 19 heavy (non-hydrogen) atoms. The molecule has 0 heterocycles. The van der Waals surface area contributed by atoms with Crippen LogP contribution < -0.4 is 10.5 Å². The second kappa shape index (κ2) is 7.14. The van der Waals surface area contributed by atoms with Crippen molar-refractivity contribution in [2.24, 2.45) is 5.73 Å². The van der Waals surface area contributed by atoms with Crippen molar-refractivity contribution >= 4 is 20.8 Å². The van der Waals surface area contributed by atoms with E-state index in [-0.39, 0.29) is 17.5 Å². The maximum absolute atomic E-state index is 11.8. The molecule has 0 aromatic heterocycles. The lowest BCUT2D eigenvalue weighted by molar-refractivity contribution is 0.580. The summed E-state index contributed by atoms with van der Waals surface area (Å²) in [6, 6.07) is 7.13. The van der Waals surface area contributed by atoms with E-state index in [1.165, 1.54) is 0 Å². The molecule has 0 amide bonds. The Bertz CT molecular complexity index is 526. The Balaban J connectivity index is 2.61. The molecule has 0 saturated carbocycles. The van der Waals surface area contributed by atoms with Crippen LogP contribution in [0.15, 0.2) is 24.3 Å². The summed E-state index contributed by atoms with van der Waals surface area (Å²) in [5.41, 5.74) is 7.14. The van der Waals surface area contributed by atoms with Crippen molar-refractivity contribution < 1.29 is 12.6 Å². The predicted octanol–water partition coefficient (Wildman–Crippen LogP) is 0.332. The molecule has 2 atom stereocenters. The van der Waals surface area contributed by atoms with Crippen molar-refractivity contribution in [3.05, 3.63) is 35.4 Å². The Morgan fingerprint density at radius 2 is 1.79 bits per heavy atom. The minimum absolute atomic E-state index is 0.0824. The average Bonchev–Trinajstić information content (AvgIpc) is 2.36. The van der Waals surface area contributed by atoms with Crippen LogP contribution >= 0.6 is 0 Å². The van der Waals surface area contributed by atoms with Crippen LogP contribution in [0.25, 0.3) is 0 Å². The summed E-state index contributed by atoms with van der Waals surface area (Å²) in [6.45, 7) is 2.37. The number of rotatable bonds is 7. The maximum Gasteiger partial charge on any atom is 0.215 e. The molecule has 7 heteroatoms. The molecule has 1 aromatic carbocycles. The first-order valence-electron chi connectivity index (χ1n) is 5.91. The summed E-state index contributed by atoms with van der Waals surface area (Å²) < 4.78 is 37.3. The Morgan fingerprint density at radius 1 is 1.26 bits per heavy atom. The van der Waals surface area contributed by atoms with Crippen LogP contribution in [0.5, 0.6) is 0 Å². The molecule has 2 unspecified atom stereocenters. The molecule has 3 N–H and O–H groups in total. The van der Waals surface area contributed by atoms with Crippen LogP contribution in [-0.2, 0) is 33.1 Å². The summed E-state index contributed by atoms with van der Waals surface area (Å²) in [7, 11) is -4.44. The van der Waals surface area contributed by atoms with E-state index < -0.39 is 20.8 Å². The molecule has 0 aliphatic carbocycles. The van der Waals surface area contributed by atoms with E-state index in [0.29, 0.717) is 12.1 Å². The monoisotopic (exact) mass is 304 g/mol. The summed E-state index contributed by atoms with van der Waals surface area (Å²) in [5, 5.41) is -0.200. The minimum Gasteiger partial charge on any atom is -0.326 e. The van der Waals surface area contributed by atoms with E-state index >= 15 is 0 Å². The Morgan fingerprint density at radius 3 is 2.26 bits per heavy atom. The van der Waals surface area contributed by atoms with Crippen molar-refractivity contribution in [1.29, 1.82) is 0 Å². The normalized spacial score (nSPS) is 15.1. The minimum atomic E-state index is -3.40. The van der Waals surface area contributed by atoms with Gasteiger partial charge in [0.15, 0.2) is 0 Å². The van der Waals surface area contributed by atoms with Gasteiger partial charge in [0.05, 0.1) is 5.75 Å². The predicted molar refractivity (Wildman–Crippen MR) is 78.5 cm³/mol. The van der Waals surface area contributed by atoms with Crippen molar-refractivity contribution in [1.82, 2.24) is 4.72 Å². The molecule has 108 valence electrons. The van der Waals surface area contributed by atoms with E-state index in [1.807, 2.05) is 12.1 Å². The third-order valence-electron chi connectivity index (χ3n) is 2.77. The third kappa shape index (κ3) is 5.82. The highest BCUT2D eigenvalue weighted by atomic mass is 32.2. The second-order valence-electron chi connectivity index (χ2n) is 4.44. The Hall–Kier alpha value is -0.760. The van der Waals surface area contributed by atoms with Gasteiger partial charge in [-0.1, -0.05) is 24.3 Å². The second-order valence-corrected chi connectivity index (χ2v) is 8.05. The molecule has 0 aliphatic rings. The van der Waals surface area contributed by atoms with Crippen LogP contribution in [0.3, 0.4) is 0 Å². The fourth-order valence-corrected chi connectivity index (χ4v) is 3.06. The van der Waals surface area contributed by atoms with Crippen molar-refractivity contribution in [3.63, 3.8) is 0 Å². The highest BCUT2D eigenvalue weighted by Crippen LogP contribution is 2.07. The summed E-state index contributed by atoms with van der Waals surface area (Å²) >= 11 is 0.